The average Bonchev–Trinajstić information content (AvgIpc) is 3.38. The van der Waals surface area contributed by atoms with Gasteiger partial charge in [0.05, 0.1) is 11.4 Å². The van der Waals surface area contributed by atoms with Crippen LogP contribution < -0.4 is 10.6 Å². The lowest BCUT2D eigenvalue weighted by atomic mass is 10.0. The molecule has 3 aromatic rings. The van der Waals surface area contributed by atoms with E-state index < -0.39 is 0 Å². The van der Waals surface area contributed by atoms with Crippen LogP contribution in [0.2, 0.25) is 0 Å². The van der Waals surface area contributed by atoms with Gasteiger partial charge in [-0.05, 0) is 61.9 Å². The van der Waals surface area contributed by atoms with Crippen LogP contribution in [-0.2, 0) is 11.2 Å². The number of amides is 2. The first kappa shape index (κ1) is 22.2. The number of carbonyl (C=O) groups excluding carboxylic acids is 2. The molecule has 5 rings (SSSR count). The summed E-state index contributed by atoms with van der Waals surface area (Å²) in [6, 6.07) is 16.7. The highest BCUT2D eigenvalue weighted by Gasteiger charge is 2.30. The van der Waals surface area contributed by atoms with Gasteiger partial charge >= 0.3 is 6.03 Å². The number of nitrogens with zero attached hydrogens (tertiary/aromatic N) is 2. The molecule has 2 amide bonds. The molecule has 2 saturated carbocycles. The van der Waals surface area contributed by atoms with Crippen molar-refractivity contribution in [3.63, 3.8) is 0 Å². The van der Waals surface area contributed by atoms with E-state index in [1.807, 2.05) is 36.4 Å². The number of hydrogen-bond acceptors (Lipinski definition) is 4. The molecule has 3 N–H and O–H groups in total. The average molecular weight is 459 g/mol. The molecular formula is C27H30N4O3. The summed E-state index contributed by atoms with van der Waals surface area (Å²) in [6.07, 6.45) is 6.89. The van der Waals surface area contributed by atoms with Crippen LogP contribution in [0, 0.1) is 5.92 Å². The summed E-state index contributed by atoms with van der Waals surface area (Å²) in [7, 11) is 0. The molecule has 0 radical (unpaired) electrons. The predicted octanol–water partition coefficient (Wildman–Crippen LogP) is 5.06. The molecule has 0 atom stereocenters. The predicted molar refractivity (Wildman–Crippen MR) is 131 cm³/mol. The van der Waals surface area contributed by atoms with E-state index in [1.165, 1.54) is 4.68 Å². The molecule has 2 aliphatic carbocycles. The first-order valence-corrected chi connectivity index (χ1v) is 12.1. The molecule has 2 aliphatic rings. The van der Waals surface area contributed by atoms with Gasteiger partial charge in [0.15, 0.2) is 0 Å². The molecule has 0 unspecified atom stereocenters. The second kappa shape index (κ2) is 9.71. The largest absolute Gasteiger partial charge is 0.507 e. The number of rotatable bonds is 7. The zero-order valence-corrected chi connectivity index (χ0v) is 19.2. The minimum absolute atomic E-state index is 0.00612. The van der Waals surface area contributed by atoms with Crippen LogP contribution >= 0.6 is 0 Å². The van der Waals surface area contributed by atoms with Crippen LogP contribution in [0.5, 0.6) is 5.75 Å². The molecule has 7 heteroatoms. The molecule has 2 fully saturated rings. The number of hydrogen-bond donors (Lipinski definition) is 3. The third-order valence-electron chi connectivity index (χ3n) is 6.72. The van der Waals surface area contributed by atoms with Crippen LogP contribution in [0.4, 0.5) is 10.5 Å². The van der Waals surface area contributed by atoms with Crippen molar-refractivity contribution < 1.29 is 14.7 Å². The minimum Gasteiger partial charge on any atom is -0.507 e. The minimum atomic E-state index is -0.262. The van der Waals surface area contributed by atoms with Crippen molar-refractivity contribution >= 4 is 17.6 Å². The third kappa shape index (κ3) is 4.98. The monoisotopic (exact) mass is 458 g/mol. The Morgan fingerprint density at radius 2 is 1.76 bits per heavy atom. The Labute approximate surface area is 199 Å². The van der Waals surface area contributed by atoms with E-state index in [9.17, 15) is 14.7 Å². The van der Waals surface area contributed by atoms with Crippen molar-refractivity contribution in [2.24, 2.45) is 5.92 Å². The van der Waals surface area contributed by atoms with Gasteiger partial charge in [-0.3, -0.25) is 4.79 Å². The number of aromatic hydroxyl groups is 1. The van der Waals surface area contributed by atoms with Gasteiger partial charge in [0.2, 0.25) is 5.91 Å². The van der Waals surface area contributed by atoms with Crippen molar-refractivity contribution in [3.05, 3.63) is 65.9 Å². The summed E-state index contributed by atoms with van der Waals surface area (Å²) in [5.41, 5.74) is 3.68. The normalized spacial score (nSPS) is 15.9. The first-order valence-electron chi connectivity index (χ1n) is 12.1. The molecule has 1 aromatic heterocycles. The summed E-state index contributed by atoms with van der Waals surface area (Å²) < 4.78 is 1.46. The number of phenolic OH excluding ortho intramolecular Hbond substituents is 1. The summed E-state index contributed by atoms with van der Waals surface area (Å²) >= 11 is 0. The Kier molecular flexibility index (Phi) is 6.34. The zero-order valence-electron chi connectivity index (χ0n) is 19.2. The highest BCUT2D eigenvalue weighted by Crippen LogP contribution is 2.38. The lowest BCUT2D eigenvalue weighted by Gasteiger charge is -2.12. The van der Waals surface area contributed by atoms with Gasteiger partial charge in [-0.15, -0.1) is 0 Å². The fourth-order valence-corrected chi connectivity index (χ4v) is 4.64. The standard InChI is InChI=1S/C27H30N4O3/c32-25-13-12-21(29-26(33)20-10-11-20)16-22(25)23-17-24(19-8-4-5-9-19)31(30-23)27(34)28-15-14-18-6-2-1-3-7-18/h1-3,6-7,12-13,16-17,19-20,32H,4-5,8-11,14-15H2,(H,28,34)(H,29,33). The van der Waals surface area contributed by atoms with Crippen LogP contribution in [0.15, 0.2) is 54.6 Å². The Hall–Kier alpha value is -3.61. The number of benzene rings is 2. The number of anilines is 1. The highest BCUT2D eigenvalue weighted by atomic mass is 16.3. The van der Waals surface area contributed by atoms with E-state index in [4.69, 9.17) is 0 Å². The van der Waals surface area contributed by atoms with E-state index in [0.29, 0.717) is 23.5 Å². The van der Waals surface area contributed by atoms with Crippen LogP contribution in [0.3, 0.4) is 0 Å². The fourth-order valence-electron chi connectivity index (χ4n) is 4.64. The van der Waals surface area contributed by atoms with E-state index >= 15 is 0 Å². The first-order chi connectivity index (χ1) is 16.6. The molecule has 0 bridgehead atoms. The van der Waals surface area contributed by atoms with Gasteiger partial charge in [-0.2, -0.15) is 9.78 Å². The van der Waals surface area contributed by atoms with Gasteiger partial charge in [0.1, 0.15) is 5.75 Å². The summed E-state index contributed by atoms with van der Waals surface area (Å²) in [5.74, 6) is 0.425. The number of phenols is 1. The Morgan fingerprint density at radius 3 is 2.50 bits per heavy atom. The van der Waals surface area contributed by atoms with Crippen molar-refractivity contribution in [2.45, 2.75) is 50.9 Å². The second-order valence-electron chi connectivity index (χ2n) is 9.31. The van der Waals surface area contributed by atoms with Crippen molar-refractivity contribution in [2.75, 3.05) is 11.9 Å². The molecule has 2 aromatic carbocycles. The van der Waals surface area contributed by atoms with Gasteiger partial charge in [-0.25, -0.2) is 4.79 Å². The highest BCUT2D eigenvalue weighted by molar-refractivity contribution is 5.95. The molecule has 0 aliphatic heterocycles. The Morgan fingerprint density at radius 1 is 1.00 bits per heavy atom. The van der Waals surface area contributed by atoms with Crippen LogP contribution in [0.1, 0.15) is 55.7 Å². The topological polar surface area (TPSA) is 96.2 Å². The molecule has 1 heterocycles. The number of nitrogens with one attached hydrogen (secondary N) is 2. The van der Waals surface area contributed by atoms with Crippen molar-refractivity contribution in [3.8, 4) is 17.0 Å². The van der Waals surface area contributed by atoms with Gasteiger partial charge in [0.25, 0.3) is 0 Å². The molecule has 176 valence electrons. The Balaban J connectivity index is 1.38. The van der Waals surface area contributed by atoms with Crippen LogP contribution in [-0.4, -0.2) is 33.4 Å². The smallest absolute Gasteiger partial charge is 0.342 e. The van der Waals surface area contributed by atoms with Gasteiger partial charge < -0.3 is 15.7 Å². The van der Waals surface area contributed by atoms with Gasteiger partial charge in [0, 0.05) is 29.6 Å². The second-order valence-corrected chi connectivity index (χ2v) is 9.31. The van der Waals surface area contributed by atoms with Crippen LogP contribution in [0.25, 0.3) is 11.3 Å². The molecule has 34 heavy (non-hydrogen) atoms. The van der Waals surface area contributed by atoms with E-state index in [1.54, 1.807) is 18.2 Å². The van der Waals surface area contributed by atoms with E-state index in [0.717, 1.165) is 56.2 Å². The van der Waals surface area contributed by atoms with E-state index in [-0.39, 0.29) is 29.5 Å². The van der Waals surface area contributed by atoms with E-state index in [2.05, 4.69) is 15.7 Å². The van der Waals surface area contributed by atoms with Crippen molar-refractivity contribution in [1.82, 2.24) is 15.1 Å². The summed E-state index contributed by atoms with van der Waals surface area (Å²) in [5, 5.41) is 21.1. The lowest BCUT2D eigenvalue weighted by molar-refractivity contribution is -0.117. The molecular weight excluding hydrogens is 428 g/mol. The van der Waals surface area contributed by atoms with Crippen molar-refractivity contribution in [1.29, 1.82) is 0 Å². The molecule has 0 saturated heterocycles. The quantitative estimate of drug-likeness (QED) is 0.431. The fraction of sp³-hybridized carbons (Fsp3) is 0.370. The summed E-state index contributed by atoms with van der Waals surface area (Å²) in [6.45, 7) is 0.510. The maximum absolute atomic E-state index is 13.1. The number of aromatic nitrogens is 2. The lowest BCUT2D eigenvalue weighted by Crippen LogP contribution is -2.32. The summed E-state index contributed by atoms with van der Waals surface area (Å²) in [4.78, 5) is 25.3. The SMILES string of the molecule is O=C(Nc1ccc(O)c(-c2cc(C3CCCC3)n(C(=O)NCCc3ccccc3)n2)c1)C1CC1. The molecule has 0 spiro atoms. The Bertz CT molecular complexity index is 1180. The van der Waals surface area contributed by atoms with Gasteiger partial charge in [-0.1, -0.05) is 43.2 Å². The number of carbonyl (C=O) groups is 2. The maximum Gasteiger partial charge on any atom is 0.342 e. The third-order valence-corrected chi connectivity index (χ3v) is 6.72. The maximum atomic E-state index is 13.1. The molecule has 7 nitrogen and oxygen atoms in total. The zero-order chi connectivity index (χ0) is 23.5.